The van der Waals surface area contributed by atoms with Gasteiger partial charge in [-0.2, -0.15) is 0 Å². The molecule has 0 spiro atoms. The second-order valence-corrected chi connectivity index (χ2v) is 2.84. The van der Waals surface area contributed by atoms with Crippen LogP contribution in [-0.4, -0.2) is 44.3 Å². The van der Waals surface area contributed by atoms with Crippen LogP contribution >= 0.6 is 0 Å². The van der Waals surface area contributed by atoms with E-state index >= 15 is 0 Å². The lowest BCUT2D eigenvalue weighted by Gasteiger charge is -2.13. The van der Waals surface area contributed by atoms with Gasteiger partial charge in [0.2, 0.25) is 0 Å². The van der Waals surface area contributed by atoms with E-state index in [4.69, 9.17) is 10.5 Å². The molecule has 1 rings (SSSR count). The first-order valence-electron chi connectivity index (χ1n) is 3.80. The molecule has 2 N–H and O–H groups in total. The fourth-order valence-electron chi connectivity index (χ4n) is 1.29. The molecule has 5 heteroatoms. The van der Waals surface area contributed by atoms with Gasteiger partial charge in [-0.15, -0.1) is 0 Å². The highest BCUT2D eigenvalue weighted by molar-refractivity contribution is 4.77. The number of nitrogens with zero attached hydrogens (tertiary/aromatic N) is 1. The van der Waals surface area contributed by atoms with Gasteiger partial charge in [0, 0.05) is 26.2 Å². The summed E-state index contributed by atoms with van der Waals surface area (Å²) in [5, 5.41) is 0. The van der Waals surface area contributed by atoms with E-state index in [0.29, 0.717) is 6.04 Å². The van der Waals surface area contributed by atoms with E-state index in [1.807, 2.05) is 0 Å². The van der Waals surface area contributed by atoms with Crippen LogP contribution in [0, 0.1) is 0 Å². The zero-order valence-electron chi connectivity index (χ0n) is 7.30. The quantitative estimate of drug-likeness (QED) is 0.509. The van der Waals surface area contributed by atoms with Crippen LogP contribution in [0.25, 0.3) is 0 Å². The van der Waals surface area contributed by atoms with E-state index in [-0.39, 0.29) is 24.8 Å². The van der Waals surface area contributed by atoms with E-state index in [9.17, 15) is 0 Å². The molecule has 1 aliphatic heterocycles. The maximum Gasteiger partial charge on any atom is 0.0589 e. The van der Waals surface area contributed by atoms with Crippen molar-refractivity contribution in [3.63, 3.8) is 0 Å². The Morgan fingerprint density at radius 3 is 2.58 bits per heavy atom. The predicted molar refractivity (Wildman–Crippen MR) is 40.9 cm³/mol. The molecule has 0 bridgehead atoms. The molecule has 1 aliphatic rings. The van der Waals surface area contributed by atoms with Crippen molar-refractivity contribution in [1.82, 2.24) is 4.90 Å². The van der Waals surface area contributed by atoms with Gasteiger partial charge in [-0.3, -0.25) is 4.90 Å². The smallest absolute Gasteiger partial charge is 0.0589 e. The molecule has 0 aromatic carbocycles. The van der Waals surface area contributed by atoms with Gasteiger partial charge in [0.1, 0.15) is 0 Å². The molecule has 0 aromatic rings. The summed E-state index contributed by atoms with van der Waals surface area (Å²) < 4.78 is 4.96. The summed E-state index contributed by atoms with van der Waals surface area (Å²) in [6, 6.07) is 0.400. The molecular formula is C7H16Cl2N2O-2. The van der Waals surface area contributed by atoms with E-state index in [2.05, 4.69) is 4.90 Å². The highest BCUT2D eigenvalue weighted by Gasteiger charge is 2.17. The summed E-state index contributed by atoms with van der Waals surface area (Å²) in [7, 11) is 1.73. The van der Waals surface area contributed by atoms with Crippen LogP contribution in [0.2, 0.25) is 0 Å². The van der Waals surface area contributed by atoms with Crippen molar-refractivity contribution in [3.8, 4) is 0 Å². The highest BCUT2D eigenvalue weighted by atomic mass is 35.5. The van der Waals surface area contributed by atoms with Gasteiger partial charge in [-0.25, -0.2) is 0 Å². The zero-order valence-corrected chi connectivity index (χ0v) is 8.81. The fraction of sp³-hybridized carbons (Fsp3) is 1.00. The lowest BCUT2D eigenvalue weighted by Crippen LogP contribution is -3.00. The van der Waals surface area contributed by atoms with Crippen molar-refractivity contribution in [2.75, 3.05) is 33.4 Å². The molecule has 1 fully saturated rings. The van der Waals surface area contributed by atoms with Gasteiger partial charge in [0.25, 0.3) is 0 Å². The van der Waals surface area contributed by atoms with Gasteiger partial charge < -0.3 is 35.3 Å². The minimum Gasteiger partial charge on any atom is -1.00 e. The van der Waals surface area contributed by atoms with Crippen molar-refractivity contribution in [2.45, 2.75) is 12.5 Å². The summed E-state index contributed by atoms with van der Waals surface area (Å²) >= 11 is 0. The lowest BCUT2D eigenvalue weighted by atomic mass is 10.3. The number of methoxy groups -OCH3 is 1. The third kappa shape index (κ3) is 5.17. The Morgan fingerprint density at radius 1 is 1.50 bits per heavy atom. The summed E-state index contributed by atoms with van der Waals surface area (Å²) in [6.07, 6.45) is 1.14. The molecule has 1 heterocycles. The molecule has 0 aliphatic carbocycles. The van der Waals surface area contributed by atoms with Crippen LogP contribution in [-0.2, 0) is 4.74 Å². The van der Waals surface area contributed by atoms with Crippen molar-refractivity contribution in [1.29, 1.82) is 0 Å². The molecule has 0 amide bonds. The van der Waals surface area contributed by atoms with Crippen LogP contribution in [0.15, 0.2) is 0 Å². The van der Waals surface area contributed by atoms with Crippen LogP contribution in [0.1, 0.15) is 6.42 Å². The third-order valence-corrected chi connectivity index (χ3v) is 1.92. The molecule has 12 heavy (non-hydrogen) atoms. The Kier molecular flexibility index (Phi) is 10.1. The van der Waals surface area contributed by atoms with Gasteiger partial charge in [-0.1, -0.05) is 0 Å². The summed E-state index contributed by atoms with van der Waals surface area (Å²) in [5.74, 6) is 0. The molecular weight excluding hydrogens is 199 g/mol. The van der Waals surface area contributed by atoms with E-state index in [1.165, 1.54) is 0 Å². The molecule has 0 saturated carbocycles. The minimum absolute atomic E-state index is 0. The Hall–Kier alpha value is 0.460. The number of rotatable bonds is 3. The van der Waals surface area contributed by atoms with Crippen LogP contribution < -0.4 is 30.5 Å². The highest BCUT2D eigenvalue weighted by Crippen LogP contribution is 2.05. The number of halogens is 2. The van der Waals surface area contributed by atoms with Crippen molar-refractivity contribution >= 4 is 0 Å². The molecule has 0 radical (unpaired) electrons. The van der Waals surface area contributed by atoms with Crippen molar-refractivity contribution < 1.29 is 29.6 Å². The predicted octanol–water partition coefficient (Wildman–Crippen LogP) is -6.33. The van der Waals surface area contributed by atoms with Crippen LogP contribution in [0.5, 0.6) is 0 Å². The van der Waals surface area contributed by atoms with Gasteiger partial charge >= 0.3 is 0 Å². The standard InChI is InChI=1S/C7H16N2O.2ClH/c1-10-5-4-9-3-2-7(8)6-9;;/h7H,2-6,8H2,1H3;2*1H/p-2. The average molecular weight is 215 g/mol. The Balaban J connectivity index is 0. The van der Waals surface area contributed by atoms with Crippen LogP contribution in [0.3, 0.4) is 0 Å². The first-order valence-corrected chi connectivity index (χ1v) is 3.80. The monoisotopic (exact) mass is 214 g/mol. The molecule has 3 nitrogen and oxygen atoms in total. The largest absolute Gasteiger partial charge is 1.00 e. The van der Waals surface area contributed by atoms with E-state index in [1.54, 1.807) is 7.11 Å². The topological polar surface area (TPSA) is 38.5 Å². The molecule has 1 saturated heterocycles. The maximum atomic E-state index is 5.71. The average Bonchev–Trinajstić information content (AvgIpc) is 2.31. The summed E-state index contributed by atoms with van der Waals surface area (Å²) in [5.41, 5.74) is 5.71. The minimum atomic E-state index is 0. The van der Waals surface area contributed by atoms with Gasteiger partial charge in [0.15, 0.2) is 0 Å². The first kappa shape index (κ1) is 15.0. The fourth-order valence-corrected chi connectivity index (χ4v) is 1.29. The summed E-state index contributed by atoms with van der Waals surface area (Å²) in [6.45, 7) is 4.05. The molecule has 1 unspecified atom stereocenters. The van der Waals surface area contributed by atoms with Gasteiger partial charge in [0.05, 0.1) is 6.61 Å². The Morgan fingerprint density at radius 2 is 2.17 bits per heavy atom. The van der Waals surface area contributed by atoms with E-state index < -0.39 is 0 Å². The zero-order chi connectivity index (χ0) is 7.40. The lowest BCUT2D eigenvalue weighted by molar-refractivity contribution is -0.00100. The van der Waals surface area contributed by atoms with E-state index in [0.717, 1.165) is 32.7 Å². The third-order valence-electron chi connectivity index (χ3n) is 1.92. The van der Waals surface area contributed by atoms with Crippen LogP contribution in [0.4, 0.5) is 0 Å². The number of nitrogens with two attached hydrogens (primary N) is 1. The molecule has 76 valence electrons. The number of hydrogen-bond acceptors (Lipinski definition) is 3. The second-order valence-electron chi connectivity index (χ2n) is 2.84. The number of hydrogen-bond donors (Lipinski definition) is 1. The second kappa shape index (κ2) is 8.08. The SMILES string of the molecule is COCCN1CCC(N)C1.[Cl-].[Cl-]. The Bertz CT molecular complexity index is 105. The maximum absolute atomic E-state index is 5.71. The van der Waals surface area contributed by atoms with Crippen molar-refractivity contribution in [2.24, 2.45) is 5.73 Å². The molecule has 0 aromatic heterocycles. The number of likely N-dealkylation sites (tertiary alicyclic amines) is 1. The summed E-state index contributed by atoms with van der Waals surface area (Å²) in [4.78, 5) is 2.34. The first-order chi connectivity index (χ1) is 4.83. The normalized spacial score (nSPS) is 23.0. The number of ether oxygens (including phenoxy) is 1. The van der Waals surface area contributed by atoms with Gasteiger partial charge in [-0.05, 0) is 13.0 Å². The van der Waals surface area contributed by atoms with Crippen molar-refractivity contribution in [3.05, 3.63) is 0 Å². The molecule has 1 atom stereocenters. The Labute approximate surface area is 86.4 Å².